The molecule has 11 nitrogen and oxygen atoms in total. The van der Waals surface area contributed by atoms with Gasteiger partial charge < -0.3 is 5.32 Å². The fourth-order valence-electron chi connectivity index (χ4n) is 3.71. The van der Waals surface area contributed by atoms with Crippen molar-refractivity contribution in [3.8, 4) is 0 Å². The van der Waals surface area contributed by atoms with Crippen molar-refractivity contribution in [2.45, 2.75) is 13.1 Å². The number of hydrogen-bond acceptors (Lipinski definition) is 7. The highest BCUT2D eigenvalue weighted by atomic mass is 35.5. The third-order valence-corrected chi connectivity index (χ3v) is 5.69. The van der Waals surface area contributed by atoms with Crippen LogP contribution in [-0.4, -0.2) is 38.7 Å². The Morgan fingerprint density at radius 2 is 1.78 bits per heavy atom. The molecule has 36 heavy (non-hydrogen) atoms. The molecule has 0 amide bonds. The number of halogens is 3. The summed E-state index contributed by atoms with van der Waals surface area (Å²) in [5.74, 6) is -2.00. The van der Waals surface area contributed by atoms with Crippen molar-refractivity contribution in [2.24, 2.45) is 14.1 Å². The fraction of sp³-hybridized carbons (Fsp3) is 0.182. The number of rotatable bonds is 6. The molecule has 0 bridgehead atoms. The van der Waals surface area contributed by atoms with Gasteiger partial charge in [-0.05, 0) is 29.8 Å². The summed E-state index contributed by atoms with van der Waals surface area (Å²) in [6.07, 6.45) is 3.20. The molecule has 5 rings (SSSR count). The van der Waals surface area contributed by atoms with Gasteiger partial charge in [-0.25, -0.2) is 27.9 Å². The summed E-state index contributed by atoms with van der Waals surface area (Å²) in [5.41, 5.74) is -0.315. The van der Waals surface area contributed by atoms with E-state index in [0.717, 1.165) is 26.7 Å². The van der Waals surface area contributed by atoms with E-state index in [9.17, 15) is 18.4 Å². The van der Waals surface area contributed by atoms with Gasteiger partial charge in [-0.15, -0.1) is 0 Å². The fourth-order valence-corrected chi connectivity index (χ4v) is 3.91. The summed E-state index contributed by atoms with van der Waals surface area (Å²) in [6.45, 7) is -0.444. The molecule has 3 aromatic heterocycles. The first-order valence-corrected chi connectivity index (χ1v) is 11.0. The van der Waals surface area contributed by atoms with Gasteiger partial charge in [0.2, 0.25) is 5.95 Å². The normalized spacial score (nSPS) is 11.4. The number of hydrogen-bond donors (Lipinski definition) is 1. The summed E-state index contributed by atoms with van der Waals surface area (Å²) >= 11 is 6.41. The lowest BCUT2D eigenvalue weighted by Gasteiger charge is -2.16. The zero-order valence-corrected chi connectivity index (χ0v) is 19.7. The van der Waals surface area contributed by atoms with Gasteiger partial charge in [0.1, 0.15) is 6.33 Å². The van der Waals surface area contributed by atoms with Crippen molar-refractivity contribution in [2.75, 3.05) is 5.32 Å². The van der Waals surface area contributed by atoms with Crippen LogP contribution in [-0.2, 0) is 27.2 Å². The lowest BCUT2D eigenvalue weighted by molar-refractivity contribution is 0.505. The molecule has 0 fully saturated rings. The molecule has 1 N–H and O–H groups in total. The Kier molecular flexibility index (Phi) is 5.84. The average Bonchev–Trinajstić information content (AvgIpc) is 3.40. The summed E-state index contributed by atoms with van der Waals surface area (Å²) in [5, 5.41) is 12.4. The van der Waals surface area contributed by atoms with Crippen molar-refractivity contribution in [3.63, 3.8) is 0 Å². The lowest BCUT2D eigenvalue weighted by Crippen LogP contribution is -2.43. The van der Waals surface area contributed by atoms with Crippen LogP contribution < -0.4 is 16.7 Å². The summed E-state index contributed by atoms with van der Waals surface area (Å²) in [7, 11) is 3.41. The molecule has 2 aromatic carbocycles. The van der Waals surface area contributed by atoms with Crippen LogP contribution in [0.5, 0.6) is 0 Å². The van der Waals surface area contributed by atoms with Crippen molar-refractivity contribution in [1.82, 2.24) is 38.7 Å². The molecule has 0 radical (unpaired) electrons. The minimum Gasteiger partial charge on any atom is -0.324 e. The zero-order valence-electron chi connectivity index (χ0n) is 19.0. The minimum absolute atomic E-state index is 0.134. The molecule has 0 aliphatic rings. The standard InChI is InChI=1S/C22H18ClF2N9O2/c1-31-9-13-6-18(14(23)7-17(13)29-31)27-20-28-21(35)34(10-19-26-11-32(2)30-19)22(36)33(20)8-12-3-4-15(24)16(25)5-12/h3-7,9,11H,8,10H2,1-2H3,(H,27,28,35). The summed E-state index contributed by atoms with van der Waals surface area (Å²) in [6, 6.07) is 6.58. The minimum atomic E-state index is -1.07. The number of aryl methyl sites for hydroxylation is 2. The quantitative estimate of drug-likeness (QED) is 0.370. The maximum Gasteiger partial charge on any atom is 0.355 e. The van der Waals surface area contributed by atoms with Gasteiger partial charge in [-0.2, -0.15) is 15.2 Å². The Labute approximate surface area is 206 Å². The van der Waals surface area contributed by atoms with Gasteiger partial charge in [0.05, 0.1) is 29.3 Å². The molecule has 0 unspecified atom stereocenters. The third kappa shape index (κ3) is 4.47. The van der Waals surface area contributed by atoms with Gasteiger partial charge in [-0.3, -0.25) is 13.9 Å². The van der Waals surface area contributed by atoms with Gasteiger partial charge >= 0.3 is 11.4 Å². The molecular weight excluding hydrogens is 496 g/mol. The van der Waals surface area contributed by atoms with Crippen molar-refractivity contribution in [3.05, 3.63) is 91.9 Å². The Hall–Kier alpha value is -4.39. The van der Waals surface area contributed by atoms with E-state index in [1.807, 2.05) is 0 Å². The molecule has 0 spiro atoms. The van der Waals surface area contributed by atoms with Crippen LogP contribution in [0, 0.1) is 11.6 Å². The Bertz CT molecular complexity index is 1740. The number of benzene rings is 2. The Morgan fingerprint density at radius 1 is 0.972 bits per heavy atom. The third-order valence-electron chi connectivity index (χ3n) is 5.38. The SMILES string of the molecule is Cn1cnc(Cn2c(=O)nc(Nc3cc4cn(C)nc4cc3Cl)n(Cc3ccc(F)c(F)c3)c2=O)n1. The van der Waals surface area contributed by atoms with E-state index in [-0.39, 0.29) is 35.4 Å². The number of nitrogens with zero attached hydrogens (tertiary/aromatic N) is 8. The first-order valence-electron chi connectivity index (χ1n) is 10.6. The van der Waals surface area contributed by atoms with E-state index in [1.165, 1.54) is 17.1 Å². The number of fused-ring (bicyclic) bond motifs is 1. The van der Waals surface area contributed by atoms with Crippen molar-refractivity contribution < 1.29 is 8.78 Å². The molecular formula is C22H18ClF2N9O2. The maximum absolute atomic E-state index is 13.9. The number of nitrogens with one attached hydrogen (secondary N) is 1. The van der Waals surface area contributed by atoms with E-state index in [1.54, 1.807) is 37.1 Å². The molecule has 3 heterocycles. The topological polar surface area (TPSA) is 117 Å². The van der Waals surface area contributed by atoms with E-state index in [4.69, 9.17) is 11.6 Å². The second kappa shape index (κ2) is 9.00. The summed E-state index contributed by atoms with van der Waals surface area (Å²) < 4.78 is 32.4. The zero-order chi connectivity index (χ0) is 25.6. The van der Waals surface area contributed by atoms with Crippen LogP contribution in [0.1, 0.15) is 11.4 Å². The van der Waals surface area contributed by atoms with E-state index in [0.29, 0.717) is 11.2 Å². The molecule has 0 aliphatic heterocycles. The van der Waals surface area contributed by atoms with Crippen LogP contribution in [0.4, 0.5) is 20.4 Å². The smallest absolute Gasteiger partial charge is 0.324 e. The molecule has 0 saturated carbocycles. The highest BCUT2D eigenvalue weighted by molar-refractivity contribution is 6.34. The van der Waals surface area contributed by atoms with E-state index in [2.05, 4.69) is 25.5 Å². The van der Waals surface area contributed by atoms with Crippen molar-refractivity contribution in [1.29, 1.82) is 0 Å². The number of anilines is 2. The molecule has 14 heteroatoms. The monoisotopic (exact) mass is 513 g/mol. The van der Waals surface area contributed by atoms with Crippen LogP contribution in [0.2, 0.25) is 5.02 Å². The van der Waals surface area contributed by atoms with Gasteiger partial charge in [0, 0.05) is 25.7 Å². The average molecular weight is 514 g/mol. The van der Waals surface area contributed by atoms with Gasteiger partial charge in [-0.1, -0.05) is 17.7 Å². The lowest BCUT2D eigenvalue weighted by atomic mass is 10.2. The maximum atomic E-state index is 13.9. The van der Waals surface area contributed by atoms with Crippen LogP contribution >= 0.6 is 11.6 Å². The van der Waals surface area contributed by atoms with Gasteiger partial charge in [0.15, 0.2) is 17.5 Å². The van der Waals surface area contributed by atoms with Crippen molar-refractivity contribution >= 4 is 34.1 Å². The first kappa shape index (κ1) is 23.4. The highest BCUT2D eigenvalue weighted by Gasteiger charge is 2.18. The largest absolute Gasteiger partial charge is 0.355 e. The Balaban J connectivity index is 1.62. The summed E-state index contributed by atoms with van der Waals surface area (Å²) in [4.78, 5) is 34.4. The highest BCUT2D eigenvalue weighted by Crippen LogP contribution is 2.29. The molecule has 0 saturated heterocycles. The molecule has 184 valence electrons. The number of aromatic nitrogens is 8. The molecule has 0 atom stereocenters. The van der Waals surface area contributed by atoms with Gasteiger partial charge in [0.25, 0.3) is 0 Å². The second-order valence-corrected chi connectivity index (χ2v) is 8.48. The van der Waals surface area contributed by atoms with E-state index < -0.39 is 23.0 Å². The van der Waals surface area contributed by atoms with Crippen LogP contribution in [0.25, 0.3) is 10.9 Å². The predicted octanol–water partition coefficient (Wildman–Crippen LogP) is 2.19. The first-order chi connectivity index (χ1) is 17.2. The van der Waals surface area contributed by atoms with Crippen LogP contribution in [0.3, 0.4) is 0 Å². The molecule has 0 aliphatic carbocycles. The van der Waals surface area contributed by atoms with Crippen LogP contribution in [0.15, 0.2) is 52.4 Å². The molecule has 5 aromatic rings. The van der Waals surface area contributed by atoms with E-state index >= 15 is 0 Å². The predicted molar refractivity (Wildman–Crippen MR) is 127 cm³/mol. The Morgan fingerprint density at radius 3 is 2.50 bits per heavy atom. The second-order valence-electron chi connectivity index (χ2n) is 8.07.